The molecule has 5 nitrogen and oxygen atoms in total. The van der Waals surface area contributed by atoms with Gasteiger partial charge in [0.2, 0.25) is 0 Å². The fraction of sp³-hybridized carbons (Fsp3) is 0.417. The summed E-state index contributed by atoms with van der Waals surface area (Å²) in [6.45, 7) is 2.07. The van der Waals surface area contributed by atoms with E-state index in [-0.39, 0.29) is 6.04 Å². The van der Waals surface area contributed by atoms with Crippen LogP contribution in [0.3, 0.4) is 0 Å². The Bertz CT molecular complexity index is 566. The van der Waals surface area contributed by atoms with Crippen molar-refractivity contribution < 1.29 is 4.42 Å². The van der Waals surface area contributed by atoms with Crippen LogP contribution in [-0.2, 0) is 19.9 Å². The second-order valence-electron chi connectivity index (χ2n) is 4.25. The SMILES string of the molecule is CCc1nn(C)c(CC(NN)c2ccc(Cl)o2)c1Br. The molecule has 0 bridgehead atoms. The Hall–Kier alpha value is -0.820. The summed E-state index contributed by atoms with van der Waals surface area (Å²) in [6.07, 6.45) is 1.53. The summed E-state index contributed by atoms with van der Waals surface area (Å²) in [7, 11) is 1.92. The van der Waals surface area contributed by atoms with Gasteiger partial charge in [-0.3, -0.25) is 10.5 Å². The maximum Gasteiger partial charge on any atom is 0.193 e. The number of aromatic nitrogens is 2. The van der Waals surface area contributed by atoms with Crippen molar-refractivity contribution in [2.75, 3.05) is 0 Å². The fourth-order valence-electron chi connectivity index (χ4n) is 1.99. The van der Waals surface area contributed by atoms with Crippen LogP contribution >= 0.6 is 27.5 Å². The van der Waals surface area contributed by atoms with Crippen molar-refractivity contribution in [3.63, 3.8) is 0 Å². The molecule has 0 fully saturated rings. The molecule has 104 valence electrons. The first kappa shape index (κ1) is 14.6. The molecule has 7 heteroatoms. The quantitative estimate of drug-likeness (QED) is 0.644. The summed E-state index contributed by atoms with van der Waals surface area (Å²) in [5.74, 6) is 6.31. The number of nitrogens with one attached hydrogen (secondary N) is 1. The van der Waals surface area contributed by atoms with E-state index in [4.69, 9.17) is 21.9 Å². The van der Waals surface area contributed by atoms with Gasteiger partial charge in [-0.15, -0.1) is 0 Å². The number of hydrogen-bond acceptors (Lipinski definition) is 4. The van der Waals surface area contributed by atoms with Gasteiger partial charge in [0.25, 0.3) is 0 Å². The average Bonchev–Trinajstić information content (AvgIpc) is 2.92. The summed E-state index contributed by atoms with van der Waals surface area (Å²) in [6, 6.07) is 3.37. The lowest BCUT2D eigenvalue weighted by molar-refractivity contribution is 0.410. The molecule has 2 rings (SSSR count). The third-order valence-corrected chi connectivity index (χ3v) is 4.16. The topological polar surface area (TPSA) is 69.0 Å². The molecular weight excluding hydrogens is 332 g/mol. The van der Waals surface area contributed by atoms with Crippen molar-refractivity contribution in [1.29, 1.82) is 0 Å². The van der Waals surface area contributed by atoms with E-state index < -0.39 is 0 Å². The second-order valence-corrected chi connectivity index (χ2v) is 5.42. The highest BCUT2D eigenvalue weighted by atomic mass is 79.9. The molecular formula is C12H16BrClN4O. The summed E-state index contributed by atoms with van der Waals surface area (Å²) in [4.78, 5) is 0. The molecule has 1 atom stereocenters. The molecule has 2 aromatic heterocycles. The first-order chi connectivity index (χ1) is 9.06. The van der Waals surface area contributed by atoms with E-state index in [1.54, 1.807) is 6.07 Å². The molecule has 0 saturated heterocycles. The molecule has 2 aromatic rings. The molecule has 0 saturated carbocycles. The molecule has 0 spiro atoms. The third kappa shape index (κ3) is 3.02. The number of hydrogen-bond donors (Lipinski definition) is 2. The van der Waals surface area contributed by atoms with Crippen molar-refractivity contribution >= 4 is 27.5 Å². The largest absolute Gasteiger partial charge is 0.448 e. The number of nitrogens with two attached hydrogens (primary N) is 1. The highest BCUT2D eigenvalue weighted by Gasteiger charge is 2.20. The fourth-order valence-corrected chi connectivity index (χ4v) is 2.92. The predicted octanol–water partition coefficient (Wildman–Crippen LogP) is 2.74. The number of halogens is 2. The normalized spacial score (nSPS) is 12.9. The van der Waals surface area contributed by atoms with Gasteiger partial charge in [0.15, 0.2) is 5.22 Å². The molecule has 1 unspecified atom stereocenters. The molecule has 3 N–H and O–H groups in total. The van der Waals surface area contributed by atoms with Gasteiger partial charge in [-0.2, -0.15) is 5.10 Å². The molecule has 0 aliphatic rings. The summed E-state index contributed by atoms with van der Waals surface area (Å²) < 4.78 is 8.28. The molecule has 19 heavy (non-hydrogen) atoms. The van der Waals surface area contributed by atoms with Gasteiger partial charge in [-0.05, 0) is 46.1 Å². The summed E-state index contributed by atoms with van der Waals surface area (Å²) >= 11 is 9.38. The number of nitrogens with zero attached hydrogens (tertiary/aromatic N) is 2. The van der Waals surface area contributed by atoms with Gasteiger partial charge >= 0.3 is 0 Å². The van der Waals surface area contributed by atoms with E-state index in [9.17, 15) is 0 Å². The van der Waals surface area contributed by atoms with Crippen molar-refractivity contribution in [2.45, 2.75) is 25.8 Å². The van der Waals surface area contributed by atoms with E-state index in [1.165, 1.54) is 0 Å². The van der Waals surface area contributed by atoms with Crippen molar-refractivity contribution in [3.05, 3.63) is 39.0 Å². The summed E-state index contributed by atoms with van der Waals surface area (Å²) in [5.41, 5.74) is 4.84. The van der Waals surface area contributed by atoms with Gasteiger partial charge in [0.1, 0.15) is 5.76 Å². The smallest absolute Gasteiger partial charge is 0.193 e. The number of hydrazine groups is 1. The first-order valence-electron chi connectivity index (χ1n) is 5.98. The first-order valence-corrected chi connectivity index (χ1v) is 7.15. The van der Waals surface area contributed by atoms with E-state index in [2.05, 4.69) is 33.4 Å². The van der Waals surface area contributed by atoms with Gasteiger partial charge in [0, 0.05) is 13.5 Å². The number of aryl methyl sites for hydroxylation is 2. The highest BCUT2D eigenvalue weighted by Crippen LogP contribution is 2.28. The van der Waals surface area contributed by atoms with Crippen molar-refractivity contribution in [1.82, 2.24) is 15.2 Å². The number of furan rings is 1. The highest BCUT2D eigenvalue weighted by molar-refractivity contribution is 9.10. The Morgan fingerprint density at radius 3 is 2.79 bits per heavy atom. The van der Waals surface area contributed by atoms with Crippen LogP contribution < -0.4 is 11.3 Å². The minimum atomic E-state index is -0.149. The van der Waals surface area contributed by atoms with Gasteiger partial charge in [0.05, 0.1) is 21.9 Å². The van der Waals surface area contributed by atoms with Crippen LogP contribution in [0.4, 0.5) is 0 Å². The molecule has 2 heterocycles. The molecule has 0 radical (unpaired) electrons. The standard InChI is InChI=1S/C12H16BrClN4O/c1-3-7-12(13)9(18(2)17-7)6-8(16-15)10-4-5-11(14)19-10/h4-5,8,16H,3,6,15H2,1-2H3. The van der Waals surface area contributed by atoms with Gasteiger partial charge in [-0.25, -0.2) is 5.43 Å². The van der Waals surface area contributed by atoms with Crippen LogP contribution in [0.2, 0.25) is 5.22 Å². The van der Waals surface area contributed by atoms with Gasteiger partial charge < -0.3 is 4.42 Å². The zero-order chi connectivity index (χ0) is 14.0. The second kappa shape index (κ2) is 6.09. The lowest BCUT2D eigenvalue weighted by Gasteiger charge is -2.13. The van der Waals surface area contributed by atoms with Crippen LogP contribution in [0.5, 0.6) is 0 Å². The molecule has 0 aromatic carbocycles. The Kier molecular flexibility index (Phi) is 4.67. The minimum absolute atomic E-state index is 0.149. The Labute approximate surface area is 125 Å². The van der Waals surface area contributed by atoms with Crippen LogP contribution in [0.25, 0.3) is 0 Å². The van der Waals surface area contributed by atoms with E-state index in [0.29, 0.717) is 17.4 Å². The zero-order valence-electron chi connectivity index (χ0n) is 10.8. The van der Waals surface area contributed by atoms with E-state index in [1.807, 2.05) is 17.8 Å². The monoisotopic (exact) mass is 346 g/mol. The lowest BCUT2D eigenvalue weighted by Crippen LogP contribution is -2.29. The number of rotatable bonds is 5. The van der Waals surface area contributed by atoms with Crippen LogP contribution in [0.15, 0.2) is 21.0 Å². The summed E-state index contributed by atoms with van der Waals surface area (Å²) in [5, 5.41) is 4.81. The maximum absolute atomic E-state index is 5.79. The zero-order valence-corrected chi connectivity index (χ0v) is 13.1. The Balaban J connectivity index is 2.26. The predicted molar refractivity (Wildman–Crippen MR) is 77.8 cm³/mol. The molecule has 0 aliphatic heterocycles. The molecule has 0 aliphatic carbocycles. The van der Waals surface area contributed by atoms with Crippen LogP contribution in [0, 0.1) is 0 Å². The van der Waals surface area contributed by atoms with Crippen LogP contribution in [-0.4, -0.2) is 9.78 Å². The minimum Gasteiger partial charge on any atom is -0.448 e. The van der Waals surface area contributed by atoms with Crippen molar-refractivity contribution in [3.8, 4) is 0 Å². The van der Waals surface area contributed by atoms with E-state index >= 15 is 0 Å². The van der Waals surface area contributed by atoms with E-state index in [0.717, 1.165) is 22.3 Å². The Morgan fingerprint density at radius 1 is 1.58 bits per heavy atom. The van der Waals surface area contributed by atoms with Crippen molar-refractivity contribution in [2.24, 2.45) is 12.9 Å². The molecule has 0 amide bonds. The third-order valence-electron chi connectivity index (χ3n) is 3.04. The Morgan fingerprint density at radius 2 is 2.32 bits per heavy atom. The lowest BCUT2D eigenvalue weighted by atomic mass is 10.1. The average molecular weight is 348 g/mol. The van der Waals surface area contributed by atoms with Gasteiger partial charge in [-0.1, -0.05) is 6.92 Å². The van der Waals surface area contributed by atoms with Crippen LogP contribution in [0.1, 0.15) is 30.1 Å². The maximum atomic E-state index is 5.79.